The van der Waals surface area contributed by atoms with Crippen LogP contribution in [-0.4, -0.2) is 18.2 Å². The highest BCUT2D eigenvalue weighted by Gasteiger charge is 2.35. The molecule has 0 N–H and O–H groups in total. The fraction of sp³-hybridized carbons (Fsp3) is 0.0588. The molecule has 1 fully saturated rings. The Balaban J connectivity index is 1.31. The van der Waals surface area contributed by atoms with Gasteiger partial charge in [-0.05, 0) is 123 Å². The Kier molecular flexibility index (Phi) is 8.95. The van der Waals surface area contributed by atoms with Crippen molar-refractivity contribution in [2.24, 2.45) is 4.99 Å². The first kappa shape index (κ1) is 29.6. The molecule has 6 rings (SSSR count). The first-order valence-corrected chi connectivity index (χ1v) is 15.9. The molecule has 0 bridgehead atoms. The van der Waals surface area contributed by atoms with Gasteiger partial charge < -0.3 is 9.47 Å². The summed E-state index contributed by atoms with van der Waals surface area (Å²) >= 11 is 15.7. The number of halogens is 3. The molecule has 214 valence electrons. The van der Waals surface area contributed by atoms with Crippen LogP contribution in [0.4, 0.5) is 11.4 Å². The van der Waals surface area contributed by atoms with Crippen LogP contribution < -0.4 is 14.4 Å². The summed E-state index contributed by atoms with van der Waals surface area (Å²) < 4.78 is 12.9. The van der Waals surface area contributed by atoms with Crippen molar-refractivity contribution in [1.29, 1.82) is 0 Å². The zero-order valence-corrected chi connectivity index (χ0v) is 27.2. The van der Waals surface area contributed by atoms with Gasteiger partial charge in [-0.2, -0.15) is 0 Å². The van der Waals surface area contributed by atoms with Crippen molar-refractivity contribution in [1.82, 2.24) is 0 Å². The molecule has 43 heavy (non-hydrogen) atoms. The SMILES string of the molecule is COc1cc(/C=C2\SC(=Nc3ccc(Cl)cc3)N(c3ccc(Cl)cc3)C2=O)cc(I)c1OCc1cccc2ccccc12. The van der Waals surface area contributed by atoms with Gasteiger partial charge in [-0.15, -0.1) is 0 Å². The summed E-state index contributed by atoms with van der Waals surface area (Å²) in [5.41, 5.74) is 3.24. The van der Waals surface area contributed by atoms with E-state index < -0.39 is 0 Å². The number of benzene rings is 5. The Morgan fingerprint density at radius 3 is 2.35 bits per heavy atom. The number of carbonyl (C=O) groups excluding carboxylic acids is 1. The predicted octanol–water partition coefficient (Wildman–Crippen LogP) is 10.1. The molecule has 0 saturated carbocycles. The molecule has 5 aromatic rings. The van der Waals surface area contributed by atoms with Crippen molar-refractivity contribution in [2.75, 3.05) is 12.0 Å². The maximum absolute atomic E-state index is 13.8. The van der Waals surface area contributed by atoms with Gasteiger partial charge >= 0.3 is 0 Å². The second kappa shape index (κ2) is 13.0. The largest absolute Gasteiger partial charge is 0.493 e. The highest BCUT2D eigenvalue weighted by Crippen LogP contribution is 2.40. The normalized spacial score (nSPS) is 15.1. The third kappa shape index (κ3) is 6.55. The van der Waals surface area contributed by atoms with Gasteiger partial charge in [0.25, 0.3) is 5.91 Å². The molecule has 0 aromatic heterocycles. The fourth-order valence-corrected chi connectivity index (χ4v) is 6.71. The van der Waals surface area contributed by atoms with Crippen LogP contribution in [0.25, 0.3) is 16.8 Å². The van der Waals surface area contributed by atoms with Gasteiger partial charge in [-0.3, -0.25) is 9.69 Å². The molecule has 1 amide bonds. The smallest absolute Gasteiger partial charge is 0.271 e. The topological polar surface area (TPSA) is 51.1 Å². The molecule has 1 heterocycles. The number of fused-ring (bicyclic) bond motifs is 1. The quantitative estimate of drug-likeness (QED) is 0.123. The number of amides is 1. The zero-order chi connectivity index (χ0) is 29.9. The average molecular weight is 737 g/mol. The van der Waals surface area contributed by atoms with Gasteiger partial charge in [0.2, 0.25) is 0 Å². The number of ether oxygens (including phenoxy) is 2. The Labute approximate surface area is 277 Å². The van der Waals surface area contributed by atoms with Gasteiger partial charge in [-0.25, -0.2) is 4.99 Å². The van der Waals surface area contributed by atoms with Gasteiger partial charge in [0.1, 0.15) is 6.61 Å². The lowest BCUT2D eigenvalue weighted by Gasteiger charge is -2.16. The number of thioether (sulfide) groups is 1. The minimum atomic E-state index is -0.190. The molecule has 0 spiro atoms. The van der Waals surface area contributed by atoms with Crippen molar-refractivity contribution >= 4 is 96.9 Å². The molecule has 9 heteroatoms. The zero-order valence-electron chi connectivity index (χ0n) is 22.8. The van der Waals surface area contributed by atoms with E-state index in [0.717, 1.165) is 25.5 Å². The molecule has 0 unspecified atom stereocenters. The number of aliphatic imine (C=N–C) groups is 1. The lowest BCUT2D eigenvalue weighted by molar-refractivity contribution is -0.113. The molecule has 1 aliphatic heterocycles. The molecular weight excluding hydrogens is 714 g/mol. The van der Waals surface area contributed by atoms with E-state index >= 15 is 0 Å². The Bertz CT molecular complexity index is 1890. The minimum Gasteiger partial charge on any atom is -0.493 e. The fourth-order valence-electron chi connectivity index (χ4n) is 4.68. The van der Waals surface area contributed by atoms with Crippen LogP contribution in [0.15, 0.2) is 113 Å². The van der Waals surface area contributed by atoms with Gasteiger partial charge in [-0.1, -0.05) is 65.7 Å². The van der Waals surface area contributed by atoms with Crippen LogP contribution in [0.3, 0.4) is 0 Å². The molecule has 0 aliphatic carbocycles. The van der Waals surface area contributed by atoms with Crippen molar-refractivity contribution < 1.29 is 14.3 Å². The van der Waals surface area contributed by atoms with E-state index in [2.05, 4.69) is 46.9 Å². The van der Waals surface area contributed by atoms with Crippen LogP contribution in [-0.2, 0) is 11.4 Å². The first-order valence-electron chi connectivity index (χ1n) is 13.2. The van der Waals surface area contributed by atoms with Crippen LogP contribution in [0.5, 0.6) is 11.5 Å². The van der Waals surface area contributed by atoms with Gasteiger partial charge in [0, 0.05) is 10.0 Å². The summed E-state index contributed by atoms with van der Waals surface area (Å²) in [5.74, 6) is 1.04. The molecule has 1 aliphatic rings. The summed E-state index contributed by atoms with van der Waals surface area (Å²) in [4.78, 5) is 20.6. The highest BCUT2D eigenvalue weighted by atomic mass is 127. The van der Waals surface area contributed by atoms with E-state index in [1.165, 1.54) is 11.8 Å². The van der Waals surface area contributed by atoms with Gasteiger partial charge in [0.15, 0.2) is 16.7 Å². The van der Waals surface area contributed by atoms with Crippen LogP contribution in [0.2, 0.25) is 10.0 Å². The Hall–Kier alpha value is -3.50. The first-order chi connectivity index (χ1) is 20.9. The third-order valence-corrected chi connectivity index (χ3v) is 9.02. The van der Waals surface area contributed by atoms with Crippen molar-refractivity contribution in [3.8, 4) is 11.5 Å². The monoisotopic (exact) mass is 736 g/mol. The molecule has 5 aromatic carbocycles. The molecule has 5 nitrogen and oxygen atoms in total. The summed E-state index contributed by atoms with van der Waals surface area (Å²) in [6.07, 6.45) is 1.85. The van der Waals surface area contributed by atoms with E-state index in [1.54, 1.807) is 48.4 Å². The number of hydrogen-bond donors (Lipinski definition) is 0. The maximum atomic E-state index is 13.8. The Morgan fingerprint density at radius 1 is 0.907 bits per heavy atom. The van der Waals surface area contributed by atoms with Crippen molar-refractivity contribution in [2.45, 2.75) is 6.61 Å². The molecule has 0 atom stereocenters. The van der Waals surface area contributed by atoms with Crippen molar-refractivity contribution in [3.63, 3.8) is 0 Å². The Morgan fingerprint density at radius 2 is 1.60 bits per heavy atom. The molecule has 0 radical (unpaired) electrons. The van der Waals surface area contributed by atoms with E-state index in [1.807, 2.05) is 48.5 Å². The summed E-state index contributed by atoms with van der Waals surface area (Å²) in [5, 5.41) is 4.04. The number of carbonyl (C=O) groups is 1. The minimum absolute atomic E-state index is 0.190. The second-order valence-electron chi connectivity index (χ2n) is 9.56. The van der Waals surface area contributed by atoms with Crippen LogP contribution in [0, 0.1) is 3.57 Å². The standard InChI is InChI=1S/C34H23Cl2IN2O3S/c1-41-30-18-21(17-29(37)32(30)42-20-23-7-4-6-22-5-2-3-8-28(22)23)19-31-33(40)39(27-15-11-25(36)12-16-27)34(43-31)38-26-13-9-24(35)10-14-26/h2-19H,20H2,1H3/b31-19-,38-34?. The number of methoxy groups -OCH3 is 1. The highest BCUT2D eigenvalue weighted by molar-refractivity contribution is 14.1. The molecular formula is C34H23Cl2IN2O3S. The van der Waals surface area contributed by atoms with E-state index in [-0.39, 0.29) is 5.91 Å². The van der Waals surface area contributed by atoms with E-state index in [4.69, 9.17) is 37.7 Å². The summed E-state index contributed by atoms with van der Waals surface area (Å²) in [6.45, 7) is 0.392. The average Bonchev–Trinajstić information content (AvgIpc) is 3.31. The van der Waals surface area contributed by atoms with E-state index in [9.17, 15) is 4.79 Å². The number of amidine groups is 1. The second-order valence-corrected chi connectivity index (χ2v) is 12.6. The number of anilines is 1. The number of hydrogen-bond acceptors (Lipinski definition) is 5. The number of rotatable bonds is 7. The van der Waals surface area contributed by atoms with Crippen molar-refractivity contribution in [3.05, 3.63) is 133 Å². The summed E-state index contributed by atoms with van der Waals surface area (Å²) in [7, 11) is 1.61. The third-order valence-electron chi connectivity index (χ3n) is 6.74. The van der Waals surface area contributed by atoms with Gasteiger partial charge in [0.05, 0.1) is 27.0 Å². The maximum Gasteiger partial charge on any atom is 0.271 e. The number of nitrogens with zero attached hydrogens (tertiary/aromatic N) is 2. The summed E-state index contributed by atoms with van der Waals surface area (Å²) in [6, 6.07) is 32.6. The van der Waals surface area contributed by atoms with E-state index in [0.29, 0.717) is 49.6 Å². The molecule has 1 saturated heterocycles. The predicted molar refractivity (Wildman–Crippen MR) is 187 cm³/mol. The lowest BCUT2D eigenvalue weighted by atomic mass is 10.1. The lowest BCUT2D eigenvalue weighted by Crippen LogP contribution is -2.28. The van der Waals surface area contributed by atoms with Crippen LogP contribution >= 0.6 is 57.6 Å². The van der Waals surface area contributed by atoms with Crippen LogP contribution in [0.1, 0.15) is 11.1 Å².